The van der Waals surface area contributed by atoms with Crippen LogP contribution in [0.15, 0.2) is 24.3 Å². The van der Waals surface area contributed by atoms with E-state index >= 15 is 0 Å². The van der Waals surface area contributed by atoms with Gasteiger partial charge >= 0.3 is 0 Å². The summed E-state index contributed by atoms with van der Waals surface area (Å²) in [5.41, 5.74) is 0.647. The number of carbonyl (C=O) groups is 1. The number of rotatable bonds is 8. The fraction of sp³-hybridized carbons (Fsp3) is 0.533. The number of halogens is 1. The number of amides is 1. The number of carbonyl (C=O) groups excluding carboxylic acids is 1. The minimum atomic E-state index is -0.0328. The number of hydrogen-bond acceptors (Lipinski definition) is 2. The lowest BCUT2D eigenvalue weighted by atomic mass is 10.0. The molecule has 0 fully saturated rings. The van der Waals surface area contributed by atoms with E-state index in [2.05, 4.69) is 28.2 Å². The molecule has 4 heteroatoms. The van der Waals surface area contributed by atoms with Gasteiger partial charge in [-0.25, -0.2) is 0 Å². The van der Waals surface area contributed by atoms with Crippen LogP contribution in [0.4, 0.5) is 0 Å². The third-order valence-electron chi connectivity index (χ3n) is 3.10. The van der Waals surface area contributed by atoms with E-state index < -0.39 is 0 Å². The molecule has 1 aromatic rings. The first-order chi connectivity index (χ1) is 9.21. The maximum Gasteiger partial charge on any atom is 0.251 e. The first-order valence-electron chi connectivity index (χ1n) is 6.69. The number of methoxy groups -OCH3 is 1. The minimum absolute atomic E-state index is 0.0328. The van der Waals surface area contributed by atoms with E-state index in [0.29, 0.717) is 17.2 Å². The molecule has 0 saturated carbocycles. The van der Waals surface area contributed by atoms with Gasteiger partial charge in [-0.15, -0.1) is 0 Å². The molecular weight excluding hydrogens is 306 g/mol. The summed E-state index contributed by atoms with van der Waals surface area (Å²) >= 11 is 3.46. The van der Waals surface area contributed by atoms with Crippen LogP contribution >= 0.6 is 15.9 Å². The van der Waals surface area contributed by atoms with Crippen LogP contribution in [0.3, 0.4) is 0 Å². The van der Waals surface area contributed by atoms with Gasteiger partial charge in [0.05, 0.1) is 7.11 Å². The van der Waals surface area contributed by atoms with Crippen LogP contribution in [0.5, 0.6) is 5.75 Å². The Morgan fingerprint density at radius 3 is 2.84 bits per heavy atom. The molecule has 0 radical (unpaired) electrons. The van der Waals surface area contributed by atoms with Crippen molar-refractivity contribution >= 4 is 21.8 Å². The second-order valence-electron chi connectivity index (χ2n) is 4.57. The number of benzene rings is 1. The van der Waals surface area contributed by atoms with E-state index in [1.165, 1.54) is 0 Å². The summed E-state index contributed by atoms with van der Waals surface area (Å²) in [5.74, 6) is 1.21. The highest BCUT2D eigenvalue weighted by atomic mass is 79.9. The van der Waals surface area contributed by atoms with Gasteiger partial charge in [-0.2, -0.15) is 0 Å². The molecule has 0 aliphatic rings. The van der Waals surface area contributed by atoms with E-state index in [9.17, 15) is 4.79 Å². The second-order valence-corrected chi connectivity index (χ2v) is 5.37. The normalized spacial score (nSPS) is 11.9. The Bertz CT molecular complexity index is 389. The Hall–Kier alpha value is -1.03. The standard InChI is InChI=1S/C15H22BrNO2/c1-3-5-12(8-9-16)11-17-15(18)13-6-4-7-14(10-13)19-2/h4,6-7,10,12H,3,5,8-9,11H2,1-2H3,(H,17,18). The highest BCUT2D eigenvalue weighted by molar-refractivity contribution is 9.09. The SMILES string of the molecule is CCCC(CCBr)CNC(=O)c1cccc(OC)c1. The Labute approximate surface area is 123 Å². The summed E-state index contributed by atoms with van der Waals surface area (Å²) in [6.45, 7) is 2.90. The van der Waals surface area contributed by atoms with Crippen LogP contribution in [-0.4, -0.2) is 24.9 Å². The molecule has 106 valence electrons. The van der Waals surface area contributed by atoms with Crippen molar-refractivity contribution in [1.82, 2.24) is 5.32 Å². The summed E-state index contributed by atoms with van der Waals surface area (Å²) in [6.07, 6.45) is 3.38. The van der Waals surface area contributed by atoms with Crippen molar-refractivity contribution in [2.75, 3.05) is 19.0 Å². The second kappa shape index (κ2) is 8.97. The molecule has 1 rings (SSSR count). The van der Waals surface area contributed by atoms with Crippen LogP contribution in [0.25, 0.3) is 0 Å². The Balaban J connectivity index is 2.53. The molecular formula is C15H22BrNO2. The monoisotopic (exact) mass is 327 g/mol. The predicted octanol–water partition coefficient (Wildman–Crippen LogP) is 3.63. The van der Waals surface area contributed by atoms with Gasteiger partial charge in [-0.05, 0) is 37.0 Å². The molecule has 1 atom stereocenters. The molecule has 1 aromatic carbocycles. The largest absolute Gasteiger partial charge is 0.497 e. The number of alkyl halides is 1. The van der Waals surface area contributed by atoms with Gasteiger partial charge in [0.15, 0.2) is 0 Å². The van der Waals surface area contributed by atoms with E-state index in [-0.39, 0.29) is 5.91 Å². The molecule has 1 unspecified atom stereocenters. The van der Waals surface area contributed by atoms with Crippen LogP contribution in [0, 0.1) is 5.92 Å². The van der Waals surface area contributed by atoms with Crippen LogP contribution in [0.1, 0.15) is 36.5 Å². The van der Waals surface area contributed by atoms with Gasteiger partial charge in [0.2, 0.25) is 0 Å². The molecule has 0 aliphatic carbocycles. The maximum atomic E-state index is 12.0. The van der Waals surface area contributed by atoms with Gasteiger partial charge in [-0.3, -0.25) is 4.79 Å². The van der Waals surface area contributed by atoms with E-state index in [1.807, 2.05) is 12.1 Å². The number of ether oxygens (including phenoxy) is 1. The quantitative estimate of drug-likeness (QED) is 0.740. The third kappa shape index (κ3) is 5.64. The summed E-state index contributed by atoms with van der Waals surface area (Å²) < 4.78 is 5.12. The topological polar surface area (TPSA) is 38.3 Å². The molecule has 0 aliphatic heterocycles. The van der Waals surface area contributed by atoms with Crippen molar-refractivity contribution in [2.24, 2.45) is 5.92 Å². The van der Waals surface area contributed by atoms with Crippen molar-refractivity contribution in [2.45, 2.75) is 26.2 Å². The van der Waals surface area contributed by atoms with Crippen molar-refractivity contribution in [3.63, 3.8) is 0 Å². The average Bonchev–Trinajstić information content (AvgIpc) is 2.45. The summed E-state index contributed by atoms with van der Waals surface area (Å²) in [7, 11) is 1.60. The first-order valence-corrected chi connectivity index (χ1v) is 7.81. The average molecular weight is 328 g/mol. The van der Waals surface area contributed by atoms with E-state index in [1.54, 1.807) is 19.2 Å². The van der Waals surface area contributed by atoms with Crippen molar-refractivity contribution < 1.29 is 9.53 Å². The van der Waals surface area contributed by atoms with Crippen LogP contribution in [0.2, 0.25) is 0 Å². The lowest BCUT2D eigenvalue weighted by Crippen LogP contribution is -2.29. The Morgan fingerprint density at radius 1 is 1.42 bits per heavy atom. The Morgan fingerprint density at radius 2 is 2.21 bits per heavy atom. The van der Waals surface area contributed by atoms with Crippen molar-refractivity contribution in [3.05, 3.63) is 29.8 Å². The lowest BCUT2D eigenvalue weighted by Gasteiger charge is -2.15. The summed E-state index contributed by atoms with van der Waals surface area (Å²) in [5, 5.41) is 3.98. The fourth-order valence-corrected chi connectivity index (χ4v) is 2.66. The number of nitrogens with one attached hydrogen (secondary N) is 1. The van der Waals surface area contributed by atoms with Crippen molar-refractivity contribution in [3.8, 4) is 5.75 Å². The molecule has 0 aromatic heterocycles. The molecule has 0 bridgehead atoms. The smallest absolute Gasteiger partial charge is 0.251 e. The van der Waals surface area contributed by atoms with E-state index in [0.717, 1.165) is 31.1 Å². The summed E-state index contributed by atoms with van der Waals surface area (Å²) in [4.78, 5) is 12.0. The highest BCUT2D eigenvalue weighted by Crippen LogP contribution is 2.14. The zero-order chi connectivity index (χ0) is 14.1. The van der Waals surface area contributed by atoms with E-state index in [4.69, 9.17) is 4.74 Å². The third-order valence-corrected chi connectivity index (χ3v) is 3.56. The first kappa shape index (κ1) is 16.0. The lowest BCUT2D eigenvalue weighted by molar-refractivity contribution is 0.0945. The van der Waals surface area contributed by atoms with Crippen LogP contribution in [-0.2, 0) is 0 Å². The predicted molar refractivity (Wildman–Crippen MR) is 82.1 cm³/mol. The molecule has 3 nitrogen and oxygen atoms in total. The fourth-order valence-electron chi connectivity index (χ4n) is 2.01. The van der Waals surface area contributed by atoms with Crippen LogP contribution < -0.4 is 10.1 Å². The number of hydrogen-bond donors (Lipinski definition) is 1. The molecule has 0 saturated heterocycles. The zero-order valence-electron chi connectivity index (χ0n) is 11.6. The van der Waals surface area contributed by atoms with Gasteiger partial charge in [-0.1, -0.05) is 35.3 Å². The Kier molecular flexibility index (Phi) is 7.56. The zero-order valence-corrected chi connectivity index (χ0v) is 13.2. The highest BCUT2D eigenvalue weighted by Gasteiger charge is 2.11. The maximum absolute atomic E-state index is 12.0. The van der Waals surface area contributed by atoms with Gasteiger partial charge in [0, 0.05) is 17.4 Å². The van der Waals surface area contributed by atoms with Gasteiger partial charge in [0.25, 0.3) is 5.91 Å². The van der Waals surface area contributed by atoms with Crippen molar-refractivity contribution in [1.29, 1.82) is 0 Å². The summed E-state index contributed by atoms with van der Waals surface area (Å²) in [6, 6.07) is 7.23. The van der Waals surface area contributed by atoms with Gasteiger partial charge in [0.1, 0.15) is 5.75 Å². The molecule has 19 heavy (non-hydrogen) atoms. The molecule has 1 amide bonds. The molecule has 0 heterocycles. The van der Waals surface area contributed by atoms with Gasteiger partial charge < -0.3 is 10.1 Å². The molecule has 1 N–H and O–H groups in total. The molecule has 0 spiro atoms. The minimum Gasteiger partial charge on any atom is -0.497 e.